The molecule has 1 rings (SSSR count). The molecule has 0 aliphatic heterocycles. The molecule has 0 radical (unpaired) electrons. The van der Waals surface area contributed by atoms with E-state index in [9.17, 15) is 9.59 Å². The molecule has 0 saturated heterocycles. The van der Waals surface area contributed by atoms with Crippen molar-refractivity contribution in [2.75, 3.05) is 6.54 Å². The highest BCUT2D eigenvalue weighted by Crippen LogP contribution is 2.21. The van der Waals surface area contributed by atoms with Gasteiger partial charge >= 0.3 is 0 Å². The van der Waals surface area contributed by atoms with Gasteiger partial charge in [0.25, 0.3) is 0 Å². The van der Waals surface area contributed by atoms with Gasteiger partial charge in [0.2, 0.25) is 11.8 Å². The van der Waals surface area contributed by atoms with Gasteiger partial charge in [-0.25, -0.2) is 0 Å². The first-order chi connectivity index (χ1) is 7.99. The number of carbonyl (C=O) groups excluding carboxylic acids is 2. The third-order valence-corrected chi connectivity index (χ3v) is 2.38. The molecule has 0 atom stereocenters. The third kappa shape index (κ3) is 4.89. The smallest absolute Gasteiger partial charge is 0.244 e. The number of hydrogen-bond donors (Lipinski definition) is 2. The van der Waals surface area contributed by atoms with Crippen molar-refractivity contribution in [3.63, 3.8) is 0 Å². The van der Waals surface area contributed by atoms with Gasteiger partial charge < -0.3 is 11.1 Å². The Bertz CT molecular complexity index is 473. The lowest BCUT2D eigenvalue weighted by Gasteiger charge is -1.99. The molecule has 0 bridgehead atoms. The predicted octanol–water partition coefficient (Wildman–Crippen LogP) is 1.61. The van der Waals surface area contributed by atoms with Crippen LogP contribution < -0.4 is 11.1 Å². The molecule has 6 heteroatoms. The zero-order valence-corrected chi connectivity index (χ0v) is 10.3. The molecule has 0 heterocycles. The highest BCUT2D eigenvalue weighted by Gasteiger charge is 2.00. The fourth-order valence-electron chi connectivity index (χ4n) is 1.04. The highest BCUT2D eigenvalue weighted by atomic mass is 35.5. The number of carbonyl (C=O) groups is 2. The maximum absolute atomic E-state index is 11.2. The van der Waals surface area contributed by atoms with Crippen LogP contribution in [0.25, 0.3) is 6.08 Å². The van der Waals surface area contributed by atoms with Crippen LogP contribution in [0, 0.1) is 0 Å². The molecular formula is C11H10Cl2N2O2. The van der Waals surface area contributed by atoms with Gasteiger partial charge in [-0.15, -0.1) is 0 Å². The lowest BCUT2D eigenvalue weighted by Crippen LogP contribution is -2.32. The summed E-state index contributed by atoms with van der Waals surface area (Å²) in [5, 5.41) is 3.27. The van der Waals surface area contributed by atoms with E-state index in [1.165, 1.54) is 12.2 Å². The molecule has 1 aromatic rings. The second-order valence-electron chi connectivity index (χ2n) is 3.18. The third-order valence-electron chi connectivity index (χ3n) is 1.81. The quantitative estimate of drug-likeness (QED) is 0.818. The Kier molecular flexibility index (Phi) is 5.00. The molecule has 4 nitrogen and oxygen atoms in total. The van der Waals surface area contributed by atoms with Gasteiger partial charge in [-0.1, -0.05) is 29.3 Å². The highest BCUT2D eigenvalue weighted by molar-refractivity contribution is 6.35. The van der Waals surface area contributed by atoms with Crippen LogP contribution in [0.3, 0.4) is 0 Å². The molecule has 1 aromatic carbocycles. The SMILES string of the molecule is NC(=O)CNC(=O)C=Cc1ccc(Cl)cc1Cl. The zero-order chi connectivity index (χ0) is 12.8. The first-order valence-corrected chi connectivity index (χ1v) is 5.44. The minimum Gasteiger partial charge on any atom is -0.368 e. The molecule has 0 aromatic heterocycles. The minimum absolute atomic E-state index is 0.197. The summed E-state index contributed by atoms with van der Waals surface area (Å²) in [5.41, 5.74) is 5.53. The van der Waals surface area contributed by atoms with Crippen molar-refractivity contribution in [3.05, 3.63) is 39.9 Å². The molecule has 0 fully saturated rings. The second kappa shape index (κ2) is 6.27. The number of nitrogens with two attached hydrogens (primary N) is 1. The van der Waals surface area contributed by atoms with E-state index >= 15 is 0 Å². The number of halogens is 2. The van der Waals surface area contributed by atoms with Gasteiger partial charge in [-0.3, -0.25) is 9.59 Å². The molecule has 90 valence electrons. The number of hydrogen-bond acceptors (Lipinski definition) is 2. The average molecular weight is 273 g/mol. The van der Waals surface area contributed by atoms with Crippen LogP contribution >= 0.6 is 23.2 Å². The summed E-state index contributed by atoms with van der Waals surface area (Å²) < 4.78 is 0. The summed E-state index contributed by atoms with van der Waals surface area (Å²) in [6.45, 7) is -0.197. The lowest BCUT2D eigenvalue weighted by molar-refractivity contribution is -0.122. The van der Waals surface area contributed by atoms with Crippen LogP contribution in [-0.4, -0.2) is 18.4 Å². The Hall–Kier alpha value is -1.52. The monoisotopic (exact) mass is 272 g/mol. The van der Waals surface area contributed by atoms with E-state index in [0.29, 0.717) is 15.6 Å². The topological polar surface area (TPSA) is 72.2 Å². The summed E-state index contributed by atoms with van der Waals surface area (Å²) in [5.74, 6) is -1.02. The van der Waals surface area contributed by atoms with Gasteiger partial charge in [0.1, 0.15) is 0 Å². The zero-order valence-electron chi connectivity index (χ0n) is 8.74. The maximum Gasteiger partial charge on any atom is 0.244 e. The number of primary amides is 1. The Labute approximate surface area is 108 Å². The van der Waals surface area contributed by atoms with E-state index in [1.54, 1.807) is 18.2 Å². The van der Waals surface area contributed by atoms with Crippen molar-refractivity contribution in [2.45, 2.75) is 0 Å². The van der Waals surface area contributed by atoms with Crippen molar-refractivity contribution in [2.24, 2.45) is 5.73 Å². The first-order valence-electron chi connectivity index (χ1n) is 4.68. The van der Waals surface area contributed by atoms with Crippen LogP contribution in [0.5, 0.6) is 0 Å². The van der Waals surface area contributed by atoms with E-state index in [-0.39, 0.29) is 6.54 Å². The summed E-state index contributed by atoms with van der Waals surface area (Å²) in [7, 11) is 0. The van der Waals surface area contributed by atoms with Gasteiger partial charge in [-0.2, -0.15) is 0 Å². The largest absolute Gasteiger partial charge is 0.368 e. The average Bonchev–Trinajstić information content (AvgIpc) is 2.25. The summed E-state index contributed by atoms with van der Waals surface area (Å²) >= 11 is 11.6. The van der Waals surface area contributed by atoms with Gasteiger partial charge in [0.15, 0.2) is 0 Å². The molecular weight excluding hydrogens is 263 g/mol. The maximum atomic E-state index is 11.2. The molecule has 17 heavy (non-hydrogen) atoms. The second-order valence-corrected chi connectivity index (χ2v) is 4.03. The first kappa shape index (κ1) is 13.5. The number of nitrogens with one attached hydrogen (secondary N) is 1. The Morgan fingerprint density at radius 2 is 2.06 bits per heavy atom. The van der Waals surface area contributed by atoms with E-state index in [0.717, 1.165) is 0 Å². The van der Waals surface area contributed by atoms with Crippen molar-refractivity contribution < 1.29 is 9.59 Å². The summed E-state index contributed by atoms with van der Waals surface area (Å²) in [6.07, 6.45) is 2.78. The Morgan fingerprint density at radius 3 is 2.65 bits per heavy atom. The van der Waals surface area contributed by atoms with Gasteiger partial charge in [0, 0.05) is 16.1 Å². The van der Waals surface area contributed by atoms with Gasteiger partial charge in [-0.05, 0) is 23.8 Å². The molecule has 0 unspecified atom stereocenters. The normalized spacial score (nSPS) is 10.5. The van der Waals surface area contributed by atoms with Crippen LogP contribution in [0.1, 0.15) is 5.56 Å². The molecule has 2 amide bonds. The molecule has 3 N–H and O–H groups in total. The summed E-state index contributed by atoms with van der Waals surface area (Å²) in [6, 6.07) is 4.92. The van der Waals surface area contributed by atoms with Crippen LogP contribution in [0.4, 0.5) is 0 Å². The number of benzene rings is 1. The molecule has 0 spiro atoms. The van der Waals surface area contributed by atoms with Crippen LogP contribution in [0.15, 0.2) is 24.3 Å². The standard InChI is InChI=1S/C11H10Cl2N2O2/c12-8-3-1-7(9(13)5-8)2-4-11(17)15-6-10(14)16/h1-5H,6H2,(H2,14,16)(H,15,17). The van der Waals surface area contributed by atoms with E-state index < -0.39 is 11.8 Å². The van der Waals surface area contributed by atoms with Gasteiger partial charge in [0.05, 0.1) is 6.54 Å². The van der Waals surface area contributed by atoms with E-state index in [4.69, 9.17) is 28.9 Å². The fourth-order valence-corrected chi connectivity index (χ4v) is 1.51. The number of rotatable bonds is 4. The molecule has 0 aliphatic carbocycles. The Morgan fingerprint density at radius 1 is 1.35 bits per heavy atom. The number of amides is 2. The minimum atomic E-state index is -0.601. The van der Waals surface area contributed by atoms with Crippen molar-refractivity contribution in [1.29, 1.82) is 0 Å². The van der Waals surface area contributed by atoms with Crippen molar-refractivity contribution >= 4 is 41.1 Å². The predicted molar refractivity (Wildman–Crippen MR) is 67.7 cm³/mol. The van der Waals surface area contributed by atoms with Crippen LogP contribution in [-0.2, 0) is 9.59 Å². The van der Waals surface area contributed by atoms with Crippen LogP contribution in [0.2, 0.25) is 10.0 Å². The molecule has 0 saturated carbocycles. The fraction of sp³-hybridized carbons (Fsp3) is 0.0909. The Balaban J connectivity index is 2.64. The van der Waals surface area contributed by atoms with E-state index in [2.05, 4.69) is 5.32 Å². The van der Waals surface area contributed by atoms with Crippen molar-refractivity contribution in [3.8, 4) is 0 Å². The molecule has 0 aliphatic rings. The van der Waals surface area contributed by atoms with E-state index in [1.807, 2.05) is 0 Å². The summed E-state index contributed by atoms with van der Waals surface area (Å²) in [4.78, 5) is 21.6. The van der Waals surface area contributed by atoms with Crippen molar-refractivity contribution in [1.82, 2.24) is 5.32 Å². The lowest BCUT2D eigenvalue weighted by atomic mass is 10.2.